The summed E-state index contributed by atoms with van der Waals surface area (Å²) in [5.74, 6) is -3.35. The van der Waals surface area contributed by atoms with Crippen LogP contribution in [0, 0.1) is 17.2 Å². The van der Waals surface area contributed by atoms with Crippen molar-refractivity contribution in [2.75, 3.05) is 24.3 Å². The number of para-hydroxylation sites is 2. The van der Waals surface area contributed by atoms with Gasteiger partial charge in [0.2, 0.25) is 11.8 Å². The molecule has 1 aliphatic rings. The molecule has 9 heteroatoms. The van der Waals surface area contributed by atoms with Crippen LogP contribution in [0.25, 0.3) is 0 Å². The van der Waals surface area contributed by atoms with E-state index >= 15 is 0 Å². The quantitative estimate of drug-likeness (QED) is 0.366. The van der Waals surface area contributed by atoms with Crippen molar-refractivity contribution in [2.45, 2.75) is 33.1 Å². The number of carbonyl (C=O) groups excluding carboxylic acids is 3. The second-order valence-electron chi connectivity index (χ2n) is 7.87. The highest BCUT2D eigenvalue weighted by atomic mass is 32.2. The average Bonchev–Trinajstić information content (AvgIpc) is 2.88. The van der Waals surface area contributed by atoms with Crippen LogP contribution in [-0.2, 0) is 25.5 Å². The number of esters is 1. The van der Waals surface area contributed by atoms with E-state index in [0.29, 0.717) is 17.9 Å². The number of nitrogens with zero attached hydrogens (tertiary/aromatic N) is 1. The fraction of sp³-hybridized carbons (Fsp3) is 0.333. The number of nitrogens with one attached hydrogen (secondary N) is 2. The summed E-state index contributed by atoms with van der Waals surface area (Å²) in [4.78, 5) is 38.7. The summed E-state index contributed by atoms with van der Waals surface area (Å²) < 4.78 is 10.9. The summed E-state index contributed by atoms with van der Waals surface area (Å²) in [6.45, 7) is 5.94. The van der Waals surface area contributed by atoms with Crippen LogP contribution in [0.2, 0.25) is 0 Å². The van der Waals surface area contributed by atoms with Gasteiger partial charge in [0.25, 0.3) is 0 Å². The lowest BCUT2D eigenvalue weighted by Gasteiger charge is -2.32. The van der Waals surface area contributed by atoms with Crippen molar-refractivity contribution in [1.82, 2.24) is 5.32 Å². The summed E-state index contributed by atoms with van der Waals surface area (Å²) in [5, 5.41) is 15.9. The molecule has 36 heavy (non-hydrogen) atoms. The molecule has 8 nitrogen and oxygen atoms in total. The number of rotatable bonds is 10. The van der Waals surface area contributed by atoms with Gasteiger partial charge >= 0.3 is 5.97 Å². The maximum absolute atomic E-state index is 13.1. The van der Waals surface area contributed by atoms with Crippen molar-refractivity contribution in [3.63, 3.8) is 0 Å². The molecule has 0 radical (unpaired) electrons. The van der Waals surface area contributed by atoms with Gasteiger partial charge in [-0.2, -0.15) is 5.26 Å². The van der Waals surface area contributed by atoms with Gasteiger partial charge in [-0.3, -0.25) is 14.4 Å². The first-order chi connectivity index (χ1) is 17.4. The number of thioether (sulfide) groups is 1. The first-order valence-electron chi connectivity index (χ1n) is 11.8. The van der Waals surface area contributed by atoms with Gasteiger partial charge < -0.3 is 20.1 Å². The summed E-state index contributed by atoms with van der Waals surface area (Å²) in [6, 6.07) is 16.7. The third-order valence-electron chi connectivity index (χ3n) is 5.64. The molecule has 1 aliphatic heterocycles. The van der Waals surface area contributed by atoms with E-state index in [0.717, 1.165) is 29.4 Å². The molecule has 3 rings (SSSR count). The van der Waals surface area contributed by atoms with Crippen LogP contribution in [0.1, 0.15) is 37.8 Å². The van der Waals surface area contributed by atoms with Crippen molar-refractivity contribution in [1.29, 1.82) is 5.26 Å². The van der Waals surface area contributed by atoms with Gasteiger partial charge in [0.1, 0.15) is 11.7 Å². The van der Waals surface area contributed by atoms with Gasteiger partial charge in [0.15, 0.2) is 0 Å². The second-order valence-corrected chi connectivity index (χ2v) is 8.86. The number of nitriles is 1. The van der Waals surface area contributed by atoms with E-state index in [9.17, 15) is 19.6 Å². The number of hydrogen-bond acceptors (Lipinski definition) is 7. The number of anilines is 1. The van der Waals surface area contributed by atoms with E-state index in [1.54, 1.807) is 31.2 Å². The van der Waals surface area contributed by atoms with Crippen molar-refractivity contribution in [2.24, 2.45) is 5.92 Å². The Morgan fingerprint density at radius 1 is 1.08 bits per heavy atom. The third kappa shape index (κ3) is 6.07. The fourth-order valence-electron chi connectivity index (χ4n) is 4.06. The minimum atomic E-state index is -1.27. The number of aryl methyl sites for hydroxylation is 1. The highest BCUT2D eigenvalue weighted by Gasteiger charge is 2.45. The predicted molar refractivity (Wildman–Crippen MR) is 138 cm³/mol. The van der Waals surface area contributed by atoms with Gasteiger partial charge in [-0.05, 0) is 38.0 Å². The van der Waals surface area contributed by atoms with E-state index < -0.39 is 23.7 Å². The molecule has 2 atom stereocenters. The summed E-state index contributed by atoms with van der Waals surface area (Å²) in [6.07, 6.45) is 0.763. The molecule has 0 unspecified atom stereocenters. The zero-order valence-corrected chi connectivity index (χ0v) is 21.3. The zero-order valence-electron chi connectivity index (χ0n) is 20.5. The van der Waals surface area contributed by atoms with E-state index in [1.807, 2.05) is 38.1 Å². The molecule has 2 N–H and O–H groups in total. The Balaban J connectivity index is 1.95. The molecule has 0 fully saturated rings. The summed E-state index contributed by atoms with van der Waals surface area (Å²) in [5.41, 5.74) is 2.43. The van der Waals surface area contributed by atoms with E-state index in [1.165, 1.54) is 0 Å². The lowest BCUT2D eigenvalue weighted by Crippen LogP contribution is -2.44. The van der Waals surface area contributed by atoms with Crippen LogP contribution in [-0.4, -0.2) is 36.8 Å². The maximum Gasteiger partial charge on any atom is 0.319 e. The molecule has 0 bridgehead atoms. The van der Waals surface area contributed by atoms with Gasteiger partial charge in [0.05, 0.1) is 35.6 Å². The van der Waals surface area contributed by atoms with Gasteiger partial charge in [0, 0.05) is 17.2 Å². The molecular weight excluding hydrogens is 478 g/mol. The predicted octanol–water partition coefficient (Wildman–Crippen LogP) is 4.15. The molecule has 2 aromatic carbocycles. The number of carbonyl (C=O) groups is 3. The third-order valence-corrected chi connectivity index (χ3v) is 6.66. The number of ether oxygens (including phenoxy) is 2. The molecule has 1 heterocycles. The topological polar surface area (TPSA) is 118 Å². The summed E-state index contributed by atoms with van der Waals surface area (Å²) in [7, 11) is 0. The smallest absolute Gasteiger partial charge is 0.319 e. The minimum absolute atomic E-state index is 0.0389. The van der Waals surface area contributed by atoms with Crippen LogP contribution in [0.15, 0.2) is 59.1 Å². The molecule has 2 aromatic rings. The minimum Gasteiger partial charge on any atom is -0.494 e. The second kappa shape index (κ2) is 12.8. The van der Waals surface area contributed by atoms with Crippen molar-refractivity contribution in [3.05, 3.63) is 70.3 Å². The number of amides is 2. The molecule has 2 amide bonds. The lowest BCUT2D eigenvalue weighted by molar-refractivity contribution is -0.152. The number of benzene rings is 2. The molecular formula is C27H29N3O5S. The van der Waals surface area contributed by atoms with Crippen LogP contribution >= 0.6 is 11.8 Å². The fourth-order valence-corrected chi connectivity index (χ4v) is 4.91. The monoisotopic (exact) mass is 507 g/mol. The molecule has 0 saturated carbocycles. The standard InChI is InChI=1S/C27H29N3O5S/c1-4-17-11-7-9-13-20(17)29-22(31)16-36-26-19(15-28)23(18-12-8-10-14-21(18)34-5-2)24(25(32)30-26)27(33)35-6-3/h7-14,23-24H,4-6,16H2,1-3H3,(H,29,31)(H,30,32)/t23-,24-/m1/s1. The average molecular weight is 508 g/mol. The molecule has 188 valence electrons. The zero-order chi connectivity index (χ0) is 26.1. The molecule has 0 saturated heterocycles. The Kier molecular flexibility index (Phi) is 9.53. The number of allylic oxidation sites excluding steroid dienone is 1. The Labute approximate surface area is 215 Å². The van der Waals surface area contributed by atoms with Crippen LogP contribution in [0.5, 0.6) is 5.75 Å². The Morgan fingerprint density at radius 2 is 1.81 bits per heavy atom. The van der Waals surface area contributed by atoms with E-state index in [-0.39, 0.29) is 28.9 Å². The normalized spacial score (nSPS) is 17.1. The summed E-state index contributed by atoms with van der Waals surface area (Å²) >= 11 is 1.04. The Bertz CT molecular complexity index is 1200. The van der Waals surface area contributed by atoms with Gasteiger partial charge in [-0.25, -0.2) is 0 Å². The van der Waals surface area contributed by atoms with E-state index in [4.69, 9.17) is 9.47 Å². The SMILES string of the molecule is CCOC(=O)[C@H]1C(=O)NC(SCC(=O)Nc2ccccc2CC)=C(C#N)[C@H]1c1ccccc1OCC. The maximum atomic E-state index is 13.1. The largest absolute Gasteiger partial charge is 0.494 e. The van der Waals surface area contributed by atoms with Gasteiger partial charge in [-0.1, -0.05) is 55.1 Å². The highest BCUT2D eigenvalue weighted by Crippen LogP contribution is 2.43. The van der Waals surface area contributed by atoms with Gasteiger partial charge in [-0.15, -0.1) is 0 Å². The van der Waals surface area contributed by atoms with Crippen LogP contribution in [0.4, 0.5) is 5.69 Å². The highest BCUT2D eigenvalue weighted by molar-refractivity contribution is 8.03. The molecule has 0 spiro atoms. The van der Waals surface area contributed by atoms with Crippen molar-refractivity contribution < 1.29 is 23.9 Å². The van der Waals surface area contributed by atoms with Crippen molar-refractivity contribution >= 4 is 35.2 Å². The Morgan fingerprint density at radius 3 is 2.50 bits per heavy atom. The van der Waals surface area contributed by atoms with Crippen LogP contribution in [0.3, 0.4) is 0 Å². The molecule has 0 aliphatic carbocycles. The first-order valence-corrected chi connectivity index (χ1v) is 12.8. The lowest BCUT2D eigenvalue weighted by atomic mass is 9.78. The number of hydrogen-bond donors (Lipinski definition) is 2. The first kappa shape index (κ1) is 26.8. The molecule has 0 aromatic heterocycles. The van der Waals surface area contributed by atoms with Crippen LogP contribution < -0.4 is 15.4 Å². The Hall–Kier alpha value is -3.77. The van der Waals surface area contributed by atoms with E-state index in [2.05, 4.69) is 16.7 Å². The van der Waals surface area contributed by atoms with Crippen molar-refractivity contribution in [3.8, 4) is 11.8 Å².